The molecule has 0 heterocycles. The van der Waals surface area contributed by atoms with E-state index < -0.39 is 0 Å². The van der Waals surface area contributed by atoms with E-state index in [1.54, 1.807) is 0 Å². The van der Waals surface area contributed by atoms with Crippen molar-refractivity contribution in [3.63, 3.8) is 0 Å². The Balaban J connectivity index is 1.78. The maximum absolute atomic E-state index is 12.4. The van der Waals surface area contributed by atoms with Crippen LogP contribution in [0.5, 0.6) is 5.75 Å². The number of amides is 1. The second kappa shape index (κ2) is 9.72. The molecule has 0 saturated heterocycles. The van der Waals surface area contributed by atoms with Crippen LogP contribution in [0.4, 0.5) is 5.69 Å². The maximum atomic E-state index is 12.4. The van der Waals surface area contributed by atoms with Gasteiger partial charge in [-0.3, -0.25) is 4.79 Å². The molecule has 0 atom stereocenters. The third-order valence-corrected chi connectivity index (χ3v) is 3.84. The van der Waals surface area contributed by atoms with E-state index in [2.05, 4.69) is 17.4 Å². The highest BCUT2D eigenvalue weighted by Gasteiger charge is 2.11. The standard InChI is InChI=1S/C21H28N2O2/c1-4-23(16-18-8-6-5-7-9-18)21(24)14-15-22-19-10-12-20(13-11-19)25-17(2)3/h5-13,17,22H,4,14-16H2,1-3H3. The Labute approximate surface area is 150 Å². The van der Waals surface area contributed by atoms with Crippen LogP contribution in [0, 0.1) is 0 Å². The molecular weight excluding hydrogens is 312 g/mol. The van der Waals surface area contributed by atoms with Crippen molar-refractivity contribution in [3.8, 4) is 5.75 Å². The highest BCUT2D eigenvalue weighted by Crippen LogP contribution is 2.17. The number of ether oxygens (including phenoxy) is 1. The average Bonchev–Trinajstić information content (AvgIpc) is 2.61. The Morgan fingerprint density at radius 1 is 1.08 bits per heavy atom. The number of carbonyl (C=O) groups excluding carboxylic acids is 1. The van der Waals surface area contributed by atoms with Gasteiger partial charge in [-0.05, 0) is 50.6 Å². The van der Waals surface area contributed by atoms with Crippen molar-refractivity contribution in [2.45, 2.75) is 39.8 Å². The van der Waals surface area contributed by atoms with Gasteiger partial charge in [-0.1, -0.05) is 30.3 Å². The molecule has 0 aromatic heterocycles. The number of hydrogen-bond acceptors (Lipinski definition) is 3. The topological polar surface area (TPSA) is 41.6 Å². The summed E-state index contributed by atoms with van der Waals surface area (Å²) in [4.78, 5) is 14.3. The lowest BCUT2D eigenvalue weighted by atomic mass is 10.2. The molecule has 2 aromatic rings. The molecule has 0 aliphatic heterocycles. The van der Waals surface area contributed by atoms with Gasteiger partial charge in [0.2, 0.25) is 5.91 Å². The number of benzene rings is 2. The third kappa shape index (κ3) is 6.49. The number of nitrogens with zero attached hydrogens (tertiary/aromatic N) is 1. The van der Waals surface area contributed by atoms with Crippen molar-refractivity contribution in [2.75, 3.05) is 18.4 Å². The Hall–Kier alpha value is -2.49. The zero-order chi connectivity index (χ0) is 18.1. The summed E-state index contributed by atoms with van der Waals surface area (Å²) < 4.78 is 5.63. The Kier molecular flexibility index (Phi) is 7.33. The molecule has 0 radical (unpaired) electrons. The van der Waals surface area contributed by atoms with Crippen LogP contribution in [0.15, 0.2) is 54.6 Å². The summed E-state index contributed by atoms with van der Waals surface area (Å²) in [6.45, 7) is 8.03. The predicted octanol–water partition coefficient (Wildman–Crippen LogP) is 4.32. The molecule has 1 amide bonds. The van der Waals surface area contributed by atoms with Crippen molar-refractivity contribution >= 4 is 11.6 Å². The first kappa shape index (κ1) is 18.8. The molecule has 1 N–H and O–H groups in total. The first-order chi connectivity index (χ1) is 12.1. The number of anilines is 1. The molecule has 4 nitrogen and oxygen atoms in total. The molecule has 0 bridgehead atoms. The molecule has 4 heteroatoms. The fourth-order valence-electron chi connectivity index (χ4n) is 2.58. The van der Waals surface area contributed by atoms with Gasteiger partial charge in [0.05, 0.1) is 6.10 Å². The minimum absolute atomic E-state index is 0.165. The summed E-state index contributed by atoms with van der Waals surface area (Å²) in [5, 5.41) is 3.30. The van der Waals surface area contributed by atoms with E-state index in [9.17, 15) is 4.79 Å². The van der Waals surface area contributed by atoms with Gasteiger partial charge in [0.15, 0.2) is 0 Å². The molecule has 0 aliphatic carbocycles. The highest BCUT2D eigenvalue weighted by atomic mass is 16.5. The Bertz CT molecular complexity index is 639. The van der Waals surface area contributed by atoms with Crippen molar-refractivity contribution in [1.29, 1.82) is 0 Å². The van der Waals surface area contributed by atoms with E-state index in [0.717, 1.165) is 23.5 Å². The van der Waals surface area contributed by atoms with E-state index in [1.165, 1.54) is 0 Å². The summed E-state index contributed by atoms with van der Waals surface area (Å²) in [7, 11) is 0. The van der Waals surface area contributed by atoms with Crippen molar-refractivity contribution in [1.82, 2.24) is 4.90 Å². The molecule has 0 unspecified atom stereocenters. The first-order valence-corrected chi connectivity index (χ1v) is 8.90. The van der Waals surface area contributed by atoms with Crippen LogP contribution in [0.1, 0.15) is 32.8 Å². The minimum atomic E-state index is 0.165. The molecule has 0 saturated carbocycles. The molecular formula is C21H28N2O2. The smallest absolute Gasteiger partial charge is 0.224 e. The lowest BCUT2D eigenvalue weighted by Crippen LogP contribution is -2.31. The molecule has 0 aliphatic rings. The average molecular weight is 340 g/mol. The monoisotopic (exact) mass is 340 g/mol. The number of rotatable bonds is 9. The largest absolute Gasteiger partial charge is 0.491 e. The van der Waals surface area contributed by atoms with Gasteiger partial charge in [0.25, 0.3) is 0 Å². The summed E-state index contributed by atoms with van der Waals surface area (Å²) in [6, 6.07) is 17.9. The van der Waals surface area contributed by atoms with Gasteiger partial charge in [0.1, 0.15) is 5.75 Å². The molecule has 2 rings (SSSR count). The fraction of sp³-hybridized carbons (Fsp3) is 0.381. The van der Waals surface area contributed by atoms with Crippen LogP contribution in [0.25, 0.3) is 0 Å². The van der Waals surface area contributed by atoms with Crippen LogP contribution in [-0.2, 0) is 11.3 Å². The van der Waals surface area contributed by atoms with Crippen molar-refractivity contribution < 1.29 is 9.53 Å². The summed E-state index contributed by atoms with van der Waals surface area (Å²) in [5.41, 5.74) is 2.15. The maximum Gasteiger partial charge on any atom is 0.224 e. The summed E-state index contributed by atoms with van der Waals surface area (Å²) in [5.74, 6) is 1.02. The van der Waals surface area contributed by atoms with Crippen molar-refractivity contribution in [3.05, 3.63) is 60.2 Å². The number of hydrogen-bond donors (Lipinski definition) is 1. The molecule has 0 fully saturated rings. The van der Waals surface area contributed by atoms with Crippen LogP contribution < -0.4 is 10.1 Å². The zero-order valence-corrected chi connectivity index (χ0v) is 15.4. The summed E-state index contributed by atoms with van der Waals surface area (Å²) in [6.07, 6.45) is 0.645. The predicted molar refractivity (Wildman–Crippen MR) is 103 cm³/mol. The first-order valence-electron chi connectivity index (χ1n) is 8.90. The molecule has 25 heavy (non-hydrogen) atoms. The quantitative estimate of drug-likeness (QED) is 0.739. The fourth-order valence-corrected chi connectivity index (χ4v) is 2.58. The minimum Gasteiger partial charge on any atom is -0.491 e. The highest BCUT2D eigenvalue weighted by molar-refractivity contribution is 5.76. The van der Waals surface area contributed by atoms with E-state index in [4.69, 9.17) is 4.74 Å². The third-order valence-electron chi connectivity index (χ3n) is 3.84. The van der Waals surface area contributed by atoms with E-state index >= 15 is 0 Å². The van der Waals surface area contributed by atoms with Gasteiger partial charge in [-0.25, -0.2) is 0 Å². The van der Waals surface area contributed by atoms with Crippen molar-refractivity contribution in [2.24, 2.45) is 0 Å². The molecule has 2 aromatic carbocycles. The van der Waals surface area contributed by atoms with Crippen LogP contribution in [0.2, 0.25) is 0 Å². The number of nitrogens with one attached hydrogen (secondary N) is 1. The second-order valence-electron chi connectivity index (χ2n) is 6.26. The normalized spacial score (nSPS) is 10.6. The molecule has 0 spiro atoms. The van der Waals surface area contributed by atoms with E-state index in [-0.39, 0.29) is 12.0 Å². The second-order valence-corrected chi connectivity index (χ2v) is 6.26. The van der Waals surface area contributed by atoms with Crippen LogP contribution in [-0.4, -0.2) is 30.0 Å². The lowest BCUT2D eigenvalue weighted by molar-refractivity contribution is -0.131. The lowest BCUT2D eigenvalue weighted by Gasteiger charge is -2.21. The van der Waals surface area contributed by atoms with E-state index in [0.29, 0.717) is 19.5 Å². The Morgan fingerprint density at radius 2 is 1.76 bits per heavy atom. The van der Waals surface area contributed by atoms with Gasteiger partial charge in [-0.2, -0.15) is 0 Å². The number of carbonyl (C=O) groups is 1. The van der Waals surface area contributed by atoms with Gasteiger partial charge < -0.3 is 15.0 Å². The SMILES string of the molecule is CCN(Cc1ccccc1)C(=O)CCNc1ccc(OC(C)C)cc1. The Morgan fingerprint density at radius 3 is 2.36 bits per heavy atom. The van der Waals surface area contributed by atoms with Crippen LogP contribution >= 0.6 is 0 Å². The summed E-state index contributed by atoms with van der Waals surface area (Å²) >= 11 is 0. The van der Waals surface area contributed by atoms with E-state index in [1.807, 2.05) is 68.1 Å². The zero-order valence-electron chi connectivity index (χ0n) is 15.4. The van der Waals surface area contributed by atoms with Gasteiger partial charge in [-0.15, -0.1) is 0 Å². The molecule has 134 valence electrons. The van der Waals surface area contributed by atoms with Crippen LogP contribution in [0.3, 0.4) is 0 Å². The van der Waals surface area contributed by atoms with Gasteiger partial charge in [0, 0.05) is 31.7 Å². The van der Waals surface area contributed by atoms with Gasteiger partial charge >= 0.3 is 0 Å².